The number of benzene rings is 2. The van der Waals surface area contributed by atoms with Crippen LogP contribution in [0.4, 0.5) is 15.8 Å². The molecule has 29 heavy (non-hydrogen) atoms. The smallest absolute Gasteiger partial charge is 0.326 e. The first kappa shape index (κ1) is 21.3. The summed E-state index contributed by atoms with van der Waals surface area (Å²) in [5.41, 5.74) is 1.17. The minimum atomic E-state index is -3.89. The zero-order valence-electron chi connectivity index (χ0n) is 16.2. The number of nitrogens with zero attached hydrogens (tertiary/aromatic N) is 2. The summed E-state index contributed by atoms with van der Waals surface area (Å²) in [5.74, 6) is 0.0148. The minimum Gasteiger partial charge on any atom is -0.494 e. The molecular weight excluding hydrogens is 421 g/mol. The SMILES string of the molecule is CCOc1ccc(S(=O)(=O)NCCN2c3cc(F)ccc3N(C)S2(=O)=O)cc1C. The van der Waals surface area contributed by atoms with E-state index in [-0.39, 0.29) is 23.7 Å². The molecule has 2 aromatic rings. The van der Waals surface area contributed by atoms with Crippen LogP contribution in [0, 0.1) is 12.7 Å². The van der Waals surface area contributed by atoms with Gasteiger partial charge >= 0.3 is 10.2 Å². The van der Waals surface area contributed by atoms with E-state index >= 15 is 0 Å². The van der Waals surface area contributed by atoms with Crippen LogP contribution in [-0.4, -0.2) is 43.6 Å². The maximum absolute atomic E-state index is 13.6. The van der Waals surface area contributed by atoms with Crippen LogP contribution >= 0.6 is 0 Å². The summed E-state index contributed by atoms with van der Waals surface area (Å²) in [5, 5.41) is 0. The molecule has 1 N–H and O–H groups in total. The second-order valence-corrected chi connectivity index (χ2v) is 10.1. The van der Waals surface area contributed by atoms with Gasteiger partial charge in [-0.1, -0.05) is 0 Å². The monoisotopic (exact) mass is 443 g/mol. The van der Waals surface area contributed by atoms with E-state index in [2.05, 4.69) is 4.72 Å². The molecule has 158 valence electrons. The number of fused-ring (bicyclic) bond motifs is 1. The molecule has 0 aromatic heterocycles. The Kier molecular flexibility index (Phi) is 5.74. The number of halogens is 1. The molecule has 1 heterocycles. The van der Waals surface area contributed by atoms with Crippen molar-refractivity contribution in [2.45, 2.75) is 18.7 Å². The van der Waals surface area contributed by atoms with Crippen molar-refractivity contribution in [1.82, 2.24) is 4.72 Å². The molecule has 0 fully saturated rings. The predicted octanol–water partition coefficient (Wildman–Crippen LogP) is 2.01. The fourth-order valence-corrected chi connectivity index (χ4v) is 5.59. The van der Waals surface area contributed by atoms with E-state index in [9.17, 15) is 21.2 Å². The quantitative estimate of drug-likeness (QED) is 0.706. The van der Waals surface area contributed by atoms with E-state index in [1.54, 1.807) is 13.0 Å². The molecule has 0 aliphatic carbocycles. The van der Waals surface area contributed by atoms with E-state index in [0.717, 1.165) is 14.7 Å². The number of ether oxygens (including phenoxy) is 1. The molecule has 11 heteroatoms. The molecule has 0 radical (unpaired) electrons. The lowest BCUT2D eigenvalue weighted by molar-refractivity contribution is 0.337. The van der Waals surface area contributed by atoms with Gasteiger partial charge in [-0.15, -0.1) is 0 Å². The van der Waals surface area contributed by atoms with Gasteiger partial charge in [-0.2, -0.15) is 8.42 Å². The van der Waals surface area contributed by atoms with Gasteiger partial charge in [0.15, 0.2) is 0 Å². The summed E-state index contributed by atoms with van der Waals surface area (Å²) in [4.78, 5) is 0.0475. The summed E-state index contributed by atoms with van der Waals surface area (Å²) < 4.78 is 73.7. The first-order chi connectivity index (χ1) is 13.6. The summed E-state index contributed by atoms with van der Waals surface area (Å²) in [7, 11) is -6.39. The normalized spacial score (nSPS) is 15.4. The highest BCUT2D eigenvalue weighted by molar-refractivity contribution is 7.94. The molecule has 1 aliphatic heterocycles. The molecule has 0 atom stereocenters. The fraction of sp³-hybridized carbons (Fsp3) is 0.333. The number of hydrogen-bond donors (Lipinski definition) is 1. The van der Waals surface area contributed by atoms with Crippen molar-refractivity contribution in [2.24, 2.45) is 0 Å². The standard InChI is InChI=1S/C18H22FN3O5S2/c1-4-27-18-8-6-15(11-13(18)2)28(23,24)20-9-10-22-17-12-14(19)5-7-16(17)21(3)29(22,25)26/h5-8,11-12,20H,4,9-10H2,1-3H3. The molecule has 8 nitrogen and oxygen atoms in total. The van der Waals surface area contributed by atoms with Crippen LogP contribution in [0.3, 0.4) is 0 Å². The van der Waals surface area contributed by atoms with Crippen LogP contribution in [0.1, 0.15) is 12.5 Å². The summed E-state index contributed by atoms with van der Waals surface area (Å²) in [6.45, 7) is 3.67. The largest absolute Gasteiger partial charge is 0.494 e. The molecule has 0 saturated heterocycles. The average molecular weight is 444 g/mol. The molecule has 0 saturated carbocycles. The lowest BCUT2D eigenvalue weighted by Crippen LogP contribution is -2.40. The average Bonchev–Trinajstić information content (AvgIpc) is 2.83. The van der Waals surface area contributed by atoms with Crippen LogP contribution < -0.4 is 18.1 Å². The molecule has 0 unspecified atom stereocenters. The lowest BCUT2D eigenvalue weighted by atomic mass is 10.2. The summed E-state index contributed by atoms with van der Waals surface area (Å²) in [6, 6.07) is 8.14. The number of aryl methyl sites for hydroxylation is 1. The molecule has 3 rings (SSSR count). The van der Waals surface area contributed by atoms with E-state index in [4.69, 9.17) is 4.74 Å². The molecule has 0 spiro atoms. The van der Waals surface area contributed by atoms with Crippen molar-refractivity contribution in [2.75, 3.05) is 35.4 Å². The van der Waals surface area contributed by atoms with Gasteiger partial charge in [0, 0.05) is 26.2 Å². The van der Waals surface area contributed by atoms with Crippen molar-refractivity contribution in [3.63, 3.8) is 0 Å². The number of anilines is 2. The fourth-order valence-electron chi connectivity index (χ4n) is 3.07. The topological polar surface area (TPSA) is 96.0 Å². The van der Waals surface area contributed by atoms with Gasteiger partial charge in [0.05, 0.1) is 22.9 Å². The second kappa shape index (κ2) is 7.81. The van der Waals surface area contributed by atoms with Crippen molar-refractivity contribution in [3.8, 4) is 5.75 Å². The van der Waals surface area contributed by atoms with Crippen LogP contribution in [-0.2, 0) is 20.2 Å². The molecule has 2 aromatic carbocycles. The third-order valence-electron chi connectivity index (χ3n) is 4.53. The van der Waals surface area contributed by atoms with E-state index in [0.29, 0.717) is 23.6 Å². The van der Waals surface area contributed by atoms with Crippen molar-refractivity contribution >= 4 is 31.6 Å². The summed E-state index contributed by atoms with van der Waals surface area (Å²) >= 11 is 0. The van der Waals surface area contributed by atoms with Crippen LogP contribution in [0.15, 0.2) is 41.3 Å². The lowest BCUT2D eigenvalue weighted by Gasteiger charge is -2.19. The Bertz CT molecular complexity index is 1140. The van der Waals surface area contributed by atoms with Crippen molar-refractivity contribution in [1.29, 1.82) is 0 Å². The Morgan fingerprint density at radius 3 is 2.52 bits per heavy atom. The van der Waals surface area contributed by atoms with Gasteiger partial charge in [-0.05, 0) is 49.7 Å². The third-order valence-corrected chi connectivity index (χ3v) is 7.82. The molecule has 0 amide bonds. The Morgan fingerprint density at radius 2 is 1.86 bits per heavy atom. The maximum Gasteiger partial charge on any atom is 0.326 e. The van der Waals surface area contributed by atoms with Gasteiger partial charge in [0.2, 0.25) is 10.0 Å². The number of hydrogen-bond acceptors (Lipinski definition) is 5. The van der Waals surface area contributed by atoms with Gasteiger partial charge in [0.1, 0.15) is 11.6 Å². The van der Waals surface area contributed by atoms with E-state index in [1.807, 2.05) is 6.92 Å². The zero-order valence-corrected chi connectivity index (χ0v) is 17.8. The maximum atomic E-state index is 13.6. The first-order valence-corrected chi connectivity index (χ1v) is 11.7. The molecular formula is C18H22FN3O5S2. The zero-order chi connectivity index (χ0) is 21.4. The highest BCUT2D eigenvalue weighted by Crippen LogP contribution is 2.39. The third kappa shape index (κ3) is 4.02. The van der Waals surface area contributed by atoms with Crippen LogP contribution in [0.5, 0.6) is 5.75 Å². The van der Waals surface area contributed by atoms with Gasteiger partial charge in [0.25, 0.3) is 0 Å². The van der Waals surface area contributed by atoms with E-state index < -0.39 is 26.0 Å². The second-order valence-electron chi connectivity index (χ2n) is 6.44. The number of sulfonamides is 1. The van der Waals surface area contributed by atoms with Crippen molar-refractivity contribution < 1.29 is 26.0 Å². The number of nitrogens with one attached hydrogen (secondary N) is 1. The van der Waals surface area contributed by atoms with Crippen LogP contribution in [0.2, 0.25) is 0 Å². The first-order valence-electron chi connectivity index (χ1n) is 8.87. The minimum absolute atomic E-state index is 0.0475. The Hall–Kier alpha value is -2.37. The number of rotatable bonds is 7. The Labute approximate surface area is 170 Å². The highest BCUT2D eigenvalue weighted by Gasteiger charge is 2.38. The molecule has 0 bridgehead atoms. The highest BCUT2D eigenvalue weighted by atomic mass is 32.2. The predicted molar refractivity (Wildman–Crippen MR) is 109 cm³/mol. The Balaban J connectivity index is 1.76. The van der Waals surface area contributed by atoms with Crippen LogP contribution in [0.25, 0.3) is 0 Å². The van der Waals surface area contributed by atoms with Crippen molar-refractivity contribution in [3.05, 3.63) is 47.8 Å². The van der Waals surface area contributed by atoms with E-state index in [1.165, 1.54) is 31.3 Å². The van der Waals surface area contributed by atoms with Gasteiger partial charge < -0.3 is 4.74 Å². The summed E-state index contributed by atoms with van der Waals surface area (Å²) in [6.07, 6.45) is 0. The van der Waals surface area contributed by atoms with Gasteiger partial charge in [-0.3, -0.25) is 4.31 Å². The Morgan fingerprint density at radius 1 is 1.14 bits per heavy atom. The van der Waals surface area contributed by atoms with Gasteiger partial charge in [-0.25, -0.2) is 21.8 Å². The molecule has 1 aliphatic rings.